The summed E-state index contributed by atoms with van der Waals surface area (Å²) in [6.45, 7) is 1.45. The molecule has 0 spiro atoms. The minimum Gasteiger partial charge on any atom is -0.485 e. The van der Waals surface area contributed by atoms with E-state index < -0.39 is 24.1 Å². The molecule has 0 unspecified atom stereocenters. The van der Waals surface area contributed by atoms with Crippen LogP contribution in [0.15, 0.2) is 42.5 Å². The van der Waals surface area contributed by atoms with E-state index in [1.165, 1.54) is 6.92 Å². The summed E-state index contributed by atoms with van der Waals surface area (Å²) in [6, 6.07) is 11.8. The molecule has 0 saturated carbocycles. The van der Waals surface area contributed by atoms with Gasteiger partial charge in [-0.1, -0.05) is 41.4 Å². The molecule has 2 aromatic rings. The highest BCUT2D eigenvalue weighted by Crippen LogP contribution is 2.31. The third-order valence-electron chi connectivity index (χ3n) is 3.64. The normalized spacial score (nSPS) is 16.5. The van der Waals surface area contributed by atoms with Crippen molar-refractivity contribution >= 4 is 40.8 Å². The third-order valence-corrected chi connectivity index (χ3v) is 4.46. The van der Waals surface area contributed by atoms with Crippen molar-refractivity contribution in [3.63, 3.8) is 0 Å². The zero-order chi connectivity index (χ0) is 18.7. The Labute approximate surface area is 159 Å². The number of hydrogen-bond acceptors (Lipinski definition) is 5. The van der Waals surface area contributed by atoms with Crippen LogP contribution in [0.25, 0.3) is 0 Å². The number of carbonyl (C=O) groups excluding carboxylic acids is 2. The van der Waals surface area contributed by atoms with Crippen molar-refractivity contribution in [3.05, 3.63) is 52.5 Å². The van der Waals surface area contributed by atoms with Gasteiger partial charge in [-0.05, 0) is 31.2 Å². The van der Waals surface area contributed by atoms with E-state index in [9.17, 15) is 9.59 Å². The van der Waals surface area contributed by atoms with Gasteiger partial charge in [0.15, 0.2) is 17.6 Å². The molecule has 0 aliphatic carbocycles. The SMILES string of the molecule is C[C@H](OC(=O)[C@@H]1COc2ccccc2O1)C(=O)Nc1cccc(Cl)c1Cl. The molecule has 8 heteroatoms. The number of hydrogen-bond donors (Lipinski definition) is 1. The van der Waals surface area contributed by atoms with Crippen molar-refractivity contribution in [2.45, 2.75) is 19.1 Å². The van der Waals surface area contributed by atoms with Crippen LogP contribution in [0.1, 0.15) is 6.92 Å². The molecule has 1 aliphatic heterocycles. The van der Waals surface area contributed by atoms with Crippen molar-refractivity contribution < 1.29 is 23.8 Å². The van der Waals surface area contributed by atoms with Crippen LogP contribution in [0.3, 0.4) is 0 Å². The molecule has 1 amide bonds. The Morgan fingerprint density at radius 2 is 1.88 bits per heavy atom. The summed E-state index contributed by atoms with van der Waals surface area (Å²) in [4.78, 5) is 24.5. The molecule has 26 heavy (non-hydrogen) atoms. The van der Waals surface area contributed by atoms with E-state index in [0.29, 0.717) is 22.2 Å². The molecule has 2 atom stereocenters. The lowest BCUT2D eigenvalue weighted by molar-refractivity contribution is -0.162. The molecule has 0 fully saturated rings. The number of esters is 1. The molecular weight excluding hydrogens is 381 g/mol. The fourth-order valence-corrected chi connectivity index (χ4v) is 2.62. The highest BCUT2D eigenvalue weighted by atomic mass is 35.5. The molecule has 1 heterocycles. The Balaban J connectivity index is 1.59. The smallest absolute Gasteiger partial charge is 0.351 e. The van der Waals surface area contributed by atoms with Gasteiger partial charge in [0.05, 0.1) is 15.7 Å². The average molecular weight is 396 g/mol. The van der Waals surface area contributed by atoms with Crippen molar-refractivity contribution in [1.29, 1.82) is 0 Å². The standard InChI is InChI=1S/C18H15Cl2NO5/c1-10(17(22)21-12-6-4-5-11(19)16(12)20)25-18(23)15-9-24-13-7-2-3-8-14(13)26-15/h2-8,10,15H,9H2,1H3,(H,21,22)/t10-,15-/m0/s1. The van der Waals surface area contributed by atoms with Gasteiger partial charge in [0.2, 0.25) is 6.10 Å². The van der Waals surface area contributed by atoms with Gasteiger partial charge in [-0.15, -0.1) is 0 Å². The quantitative estimate of drug-likeness (QED) is 0.798. The maximum atomic E-state index is 12.2. The molecule has 3 rings (SSSR count). The average Bonchev–Trinajstić information content (AvgIpc) is 2.64. The molecule has 0 saturated heterocycles. The molecule has 136 valence electrons. The van der Waals surface area contributed by atoms with Crippen molar-refractivity contribution in [1.82, 2.24) is 0 Å². The van der Waals surface area contributed by atoms with Crippen LogP contribution in [0.2, 0.25) is 10.0 Å². The van der Waals surface area contributed by atoms with E-state index in [1.54, 1.807) is 42.5 Å². The molecule has 6 nitrogen and oxygen atoms in total. The first kappa shape index (κ1) is 18.4. The van der Waals surface area contributed by atoms with E-state index in [2.05, 4.69) is 5.32 Å². The van der Waals surface area contributed by atoms with Gasteiger partial charge in [-0.25, -0.2) is 4.79 Å². The maximum absolute atomic E-state index is 12.2. The zero-order valence-corrected chi connectivity index (χ0v) is 15.2. The molecule has 1 aliphatic rings. The molecule has 0 aromatic heterocycles. The summed E-state index contributed by atoms with van der Waals surface area (Å²) in [5.74, 6) is -0.236. The van der Waals surface area contributed by atoms with Crippen molar-refractivity contribution in [3.8, 4) is 11.5 Å². The number of para-hydroxylation sites is 2. The summed E-state index contributed by atoms with van der Waals surface area (Å²) in [6.07, 6.45) is -2.01. The van der Waals surface area contributed by atoms with Crippen molar-refractivity contribution in [2.75, 3.05) is 11.9 Å². The number of anilines is 1. The van der Waals surface area contributed by atoms with Gasteiger partial charge in [-0.2, -0.15) is 0 Å². The molecule has 0 radical (unpaired) electrons. The summed E-state index contributed by atoms with van der Waals surface area (Å²) in [5, 5.41) is 3.09. The summed E-state index contributed by atoms with van der Waals surface area (Å²) < 4.78 is 16.2. The lowest BCUT2D eigenvalue weighted by Crippen LogP contribution is -2.41. The third kappa shape index (κ3) is 4.03. The predicted molar refractivity (Wildman–Crippen MR) is 97.0 cm³/mol. The van der Waals surface area contributed by atoms with Crippen molar-refractivity contribution in [2.24, 2.45) is 0 Å². The Morgan fingerprint density at radius 1 is 1.15 bits per heavy atom. The largest absolute Gasteiger partial charge is 0.485 e. The van der Waals surface area contributed by atoms with Crippen LogP contribution >= 0.6 is 23.2 Å². The Hall–Kier alpha value is -2.44. The van der Waals surface area contributed by atoms with Crippen LogP contribution in [-0.2, 0) is 14.3 Å². The summed E-state index contributed by atoms with van der Waals surface area (Å²) in [5.41, 5.74) is 0.332. The van der Waals surface area contributed by atoms with Crippen LogP contribution in [0.4, 0.5) is 5.69 Å². The topological polar surface area (TPSA) is 73.9 Å². The van der Waals surface area contributed by atoms with Gasteiger partial charge >= 0.3 is 5.97 Å². The number of fused-ring (bicyclic) bond motifs is 1. The summed E-state index contributed by atoms with van der Waals surface area (Å²) >= 11 is 11.9. The number of carbonyl (C=O) groups is 2. The lowest BCUT2D eigenvalue weighted by Gasteiger charge is -2.25. The predicted octanol–water partition coefficient (Wildman–Crippen LogP) is 3.70. The van der Waals surface area contributed by atoms with Crippen LogP contribution in [-0.4, -0.2) is 30.7 Å². The van der Waals surface area contributed by atoms with E-state index in [-0.39, 0.29) is 11.6 Å². The number of nitrogens with one attached hydrogen (secondary N) is 1. The maximum Gasteiger partial charge on any atom is 0.351 e. The van der Waals surface area contributed by atoms with Gasteiger partial charge < -0.3 is 19.5 Å². The van der Waals surface area contributed by atoms with Gasteiger partial charge in [0.25, 0.3) is 5.91 Å². The highest BCUT2D eigenvalue weighted by Gasteiger charge is 2.31. The zero-order valence-electron chi connectivity index (χ0n) is 13.7. The van der Waals surface area contributed by atoms with Gasteiger partial charge in [0.1, 0.15) is 6.61 Å². The van der Waals surface area contributed by atoms with E-state index >= 15 is 0 Å². The second-order valence-corrected chi connectivity index (χ2v) is 6.32. The lowest BCUT2D eigenvalue weighted by atomic mass is 10.2. The summed E-state index contributed by atoms with van der Waals surface area (Å²) in [7, 11) is 0. The Kier molecular flexibility index (Phi) is 5.54. The van der Waals surface area contributed by atoms with Gasteiger partial charge in [-0.3, -0.25) is 4.79 Å². The molecular formula is C18H15Cl2NO5. The fraction of sp³-hybridized carbons (Fsp3) is 0.222. The monoisotopic (exact) mass is 395 g/mol. The minimum absolute atomic E-state index is 0.00427. The fourth-order valence-electron chi connectivity index (χ4n) is 2.27. The second-order valence-electron chi connectivity index (χ2n) is 5.53. The number of benzene rings is 2. The highest BCUT2D eigenvalue weighted by molar-refractivity contribution is 6.44. The number of amides is 1. The Morgan fingerprint density at radius 3 is 2.65 bits per heavy atom. The van der Waals surface area contributed by atoms with E-state index in [1.807, 2.05) is 0 Å². The number of halogens is 2. The van der Waals surface area contributed by atoms with E-state index in [4.69, 9.17) is 37.4 Å². The van der Waals surface area contributed by atoms with Crippen LogP contribution in [0, 0.1) is 0 Å². The minimum atomic E-state index is -1.06. The molecule has 2 aromatic carbocycles. The first-order valence-corrected chi connectivity index (χ1v) is 8.55. The molecule has 0 bridgehead atoms. The van der Waals surface area contributed by atoms with Crippen LogP contribution < -0.4 is 14.8 Å². The number of ether oxygens (including phenoxy) is 3. The molecule has 1 N–H and O–H groups in total. The van der Waals surface area contributed by atoms with E-state index in [0.717, 1.165) is 0 Å². The first-order chi connectivity index (χ1) is 12.5. The van der Waals surface area contributed by atoms with Crippen LogP contribution in [0.5, 0.6) is 11.5 Å². The second kappa shape index (κ2) is 7.85. The number of rotatable bonds is 4. The van der Waals surface area contributed by atoms with Gasteiger partial charge in [0, 0.05) is 0 Å². The Bertz CT molecular complexity index is 842. The first-order valence-electron chi connectivity index (χ1n) is 7.79.